The lowest BCUT2D eigenvalue weighted by Crippen LogP contribution is -2.61. The first kappa shape index (κ1) is 23.4. The van der Waals surface area contributed by atoms with E-state index in [1.807, 2.05) is 6.07 Å². The molecular formula is C25H28N2O7. The van der Waals surface area contributed by atoms with Crippen LogP contribution in [0.5, 0.6) is 11.5 Å². The van der Waals surface area contributed by atoms with Crippen LogP contribution in [0.15, 0.2) is 36.4 Å². The maximum Gasteiger partial charge on any atom is 0.407 e. The Morgan fingerprint density at radius 2 is 1.88 bits per heavy atom. The predicted molar refractivity (Wildman–Crippen MR) is 122 cm³/mol. The lowest BCUT2D eigenvalue weighted by Gasteiger charge is -2.54. The molecule has 0 aliphatic carbocycles. The van der Waals surface area contributed by atoms with Crippen LogP contribution in [0.2, 0.25) is 0 Å². The minimum atomic E-state index is -1.25. The first-order valence-corrected chi connectivity index (χ1v) is 11.2. The lowest BCUT2D eigenvalue weighted by molar-refractivity contribution is -0.144. The van der Waals surface area contributed by atoms with Gasteiger partial charge in [0, 0.05) is 18.7 Å². The van der Waals surface area contributed by atoms with Crippen LogP contribution in [0.25, 0.3) is 0 Å². The van der Waals surface area contributed by atoms with Crippen molar-refractivity contribution < 1.29 is 33.7 Å². The van der Waals surface area contributed by atoms with Crippen LogP contribution in [0, 0.1) is 0 Å². The molecule has 2 atom stereocenters. The molecule has 9 nitrogen and oxygen atoms in total. The highest BCUT2D eigenvalue weighted by atomic mass is 16.5. The summed E-state index contributed by atoms with van der Waals surface area (Å²) in [6.45, 7) is 2.36. The number of carbonyl (C=O) groups excluding carboxylic acids is 2. The predicted octanol–water partition coefficient (Wildman–Crippen LogP) is 2.92. The molecule has 9 heteroatoms. The number of nitrogens with one attached hydrogen (secondary N) is 1. The molecule has 34 heavy (non-hydrogen) atoms. The molecule has 2 amide bonds. The van der Waals surface area contributed by atoms with Gasteiger partial charge in [0.15, 0.2) is 11.5 Å². The van der Waals surface area contributed by atoms with E-state index in [1.165, 1.54) is 7.11 Å². The summed E-state index contributed by atoms with van der Waals surface area (Å²) in [7, 11) is 3.05. The number of rotatable bonds is 7. The van der Waals surface area contributed by atoms with E-state index in [1.54, 1.807) is 49.3 Å². The topological polar surface area (TPSA) is 114 Å². The first-order chi connectivity index (χ1) is 16.4. The summed E-state index contributed by atoms with van der Waals surface area (Å²) in [4.78, 5) is 40.2. The molecule has 2 aromatic carbocycles. The van der Waals surface area contributed by atoms with Gasteiger partial charge in [-0.3, -0.25) is 9.59 Å². The Hall–Kier alpha value is -3.75. The number of methoxy groups -OCH3 is 2. The van der Waals surface area contributed by atoms with Crippen LogP contribution in [-0.2, 0) is 21.5 Å². The van der Waals surface area contributed by atoms with Crippen molar-refractivity contribution in [3.8, 4) is 11.5 Å². The molecule has 0 saturated heterocycles. The van der Waals surface area contributed by atoms with Crippen LogP contribution in [-0.4, -0.2) is 61.9 Å². The van der Waals surface area contributed by atoms with Crippen LogP contribution in [0.4, 0.5) is 4.79 Å². The second-order valence-corrected chi connectivity index (χ2v) is 8.25. The molecule has 0 saturated carbocycles. The van der Waals surface area contributed by atoms with Gasteiger partial charge in [0.1, 0.15) is 5.92 Å². The fourth-order valence-corrected chi connectivity index (χ4v) is 5.34. The van der Waals surface area contributed by atoms with E-state index in [-0.39, 0.29) is 25.5 Å². The van der Waals surface area contributed by atoms with Crippen molar-refractivity contribution in [2.75, 3.05) is 33.9 Å². The molecule has 0 spiro atoms. The number of aliphatic carboxylic acids is 1. The highest BCUT2D eigenvalue weighted by Crippen LogP contribution is 2.54. The maximum absolute atomic E-state index is 13.7. The molecule has 0 aromatic heterocycles. The number of fused-ring (bicyclic) bond motifs is 4. The number of alkyl carbamates (subject to hydrolysis) is 1. The van der Waals surface area contributed by atoms with Crippen molar-refractivity contribution in [3.63, 3.8) is 0 Å². The van der Waals surface area contributed by atoms with Crippen LogP contribution in [0.1, 0.15) is 46.3 Å². The van der Waals surface area contributed by atoms with Gasteiger partial charge >= 0.3 is 12.1 Å². The molecule has 0 unspecified atom stereocenters. The second-order valence-electron chi connectivity index (χ2n) is 8.25. The molecule has 2 heterocycles. The number of ether oxygens (including phenoxy) is 3. The van der Waals surface area contributed by atoms with E-state index in [0.29, 0.717) is 41.2 Å². The van der Waals surface area contributed by atoms with Crippen molar-refractivity contribution in [3.05, 3.63) is 58.7 Å². The molecule has 0 fully saturated rings. The smallest absolute Gasteiger partial charge is 0.407 e. The van der Waals surface area contributed by atoms with Crippen molar-refractivity contribution in [2.45, 2.75) is 31.2 Å². The Labute approximate surface area is 197 Å². The third-order valence-electron chi connectivity index (χ3n) is 6.68. The summed E-state index contributed by atoms with van der Waals surface area (Å²) in [5, 5.41) is 13.2. The van der Waals surface area contributed by atoms with Gasteiger partial charge in [-0.25, -0.2) is 4.79 Å². The van der Waals surface area contributed by atoms with Crippen molar-refractivity contribution in [2.24, 2.45) is 0 Å². The van der Waals surface area contributed by atoms with Gasteiger partial charge in [-0.1, -0.05) is 18.2 Å². The molecule has 2 aliphatic rings. The fourth-order valence-electron chi connectivity index (χ4n) is 5.34. The molecule has 2 N–H and O–H groups in total. The largest absolute Gasteiger partial charge is 0.493 e. The Kier molecular flexibility index (Phi) is 6.37. The number of nitrogens with zero attached hydrogens (tertiary/aromatic N) is 1. The monoisotopic (exact) mass is 468 g/mol. The number of carbonyl (C=O) groups is 3. The van der Waals surface area contributed by atoms with Crippen molar-refractivity contribution >= 4 is 18.0 Å². The van der Waals surface area contributed by atoms with E-state index in [2.05, 4.69) is 5.32 Å². The summed E-state index contributed by atoms with van der Waals surface area (Å²) in [5.74, 6) is -1.36. The van der Waals surface area contributed by atoms with E-state index >= 15 is 0 Å². The number of hydrogen-bond acceptors (Lipinski definition) is 6. The fraction of sp³-hybridized carbons (Fsp3) is 0.400. The molecule has 0 radical (unpaired) electrons. The van der Waals surface area contributed by atoms with Gasteiger partial charge in [0.2, 0.25) is 0 Å². The number of carboxylic acids is 1. The summed E-state index contributed by atoms with van der Waals surface area (Å²) in [6.07, 6.45) is 0.108. The van der Waals surface area contributed by atoms with Crippen LogP contribution < -0.4 is 14.8 Å². The van der Waals surface area contributed by atoms with Crippen molar-refractivity contribution in [1.82, 2.24) is 10.2 Å². The third-order valence-corrected chi connectivity index (χ3v) is 6.68. The van der Waals surface area contributed by atoms with Gasteiger partial charge < -0.3 is 29.5 Å². The number of carboxylic acid groups (broad SMARTS) is 1. The Bertz CT molecular complexity index is 1130. The average Bonchev–Trinajstić information content (AvgIpc) is 2.83. The third kappa shape index (κ3) is 3.61. The molecule has 4 rings (SSSR count). The zero-order chi connectivity index (χ0) is 24.5. The number of benzene rings is 2. The average molecular weight is 469 g/mol. The lowest BCUT2D eigenvalue weighted by atomic mass is 9.64. The number of amides is 2. The van der Waals surface area contributed by atoms with Gasteiger partial charge in [-0.05, 0) is 54.7 Å². The van der Waals surface area contributed by atoms with Gasteiger partial charge in [0.25, 0.3) is 5.91 Å². The second kappa shape index (κ2) is 9.24. The minimum Gasteiger partial charge on any atom is -0.493 e. The van der Waals surface area contributed by atoms with Crippen LogP contribution >= 0.6 is 0 Å². The van der Waals surface area contributed by atoms with E-state index < -0.39 is 23.5 Å². The summed E-state index contributed by atoms with van der Waals surface area (Å²) in [5.41, 5.74) is 1.15. The number of hydrogen-bond donors (Lipinski definition) is 2. The molecule has 0 bridgehead atoms. The maximum atomic E-state index is 13.7. The Morgan fingerprint density at radius 3 is 2.56 bits per heavy atom. The summed E-state index contributed by atoms with van der Waals surface area (Å²) >= 11 is 0. The van der Waals surface area contributed by atoms with Gasteiger partial charge in [0.05, 0.1) is 26.4 Å². The quantitative estimate of drug-likeness (QED) is 0.642. The standard InChI is InChI=1S/C25H28N2O7/c1-4-34-24(31)26-11-10-25-18-14-20(33-3)19(32-2)13-15(18)9-12-27(25)22(28)17-8-6-5-7-16(17)21(25)23(29)30/h5-8,13-14,21H,4,9-12H2,1-3H3,(H,26,31)(H,29,30)/t21-,25+/m1/s1. The first-order valence-electron chi connectivity index (χ1n) is 11.2. The highest BCUT2D eigenvalue weighted by Gasteiger charge is 2.57. The summed E-state index contributed by atoms with van der Waals surface area (Å²) in [6, 6.07) is 10.4. The summed E-state index contributed by atoms with van der Waals surface area (Å²) < 4.78 is 16.0. The van der Waals surface area contributed by atoms with Gasteiger partial charge in [-0.15, -0.1) is 0 Å². The zero-order valence-corrected chi connectivity index (χ0v) is 19.4. The van der Waals surface area contributed by atoms with E-state index in [0.717, 1.165) is 5.56 Å². The highest BCUT2D eigenvalue weighted by molar-refractivity contribution is 6.01. The zero-order valence-electron chi connectivity index (χ0n) is 19.4. The molecule has 2 aromatic rings. The molecule has 180 valence electrons. The Morgan fingerprint density at radius 1 is 1.18 bits per heavy atom. The minimum absolute atomic E-state index is 0.113. The van der Waals surface area contributed by atoms with Crippen molar-refractivity contribution in [1.29, 1.82) is 0 Å². The molecule has 2 aliphatic heterocycles. The Balaban J connectivity index is 1.94. The SMILES string of the molecule is CCOC(=O)NCC[C@@]12c3cc(OC)c(OC)cc3CCN1C(=O)c1ccccc1[C@@H]2C(=O)O. The van der Waals surface area contributed by atoms with Crippen LogP contribution in [0.3, 0.4) is 0 Å². The molecular weight excluding hydrogens is 440 g/mol. The van der Waals surface area contributed by atoms with E-state index in [4.69, 9.17) is 14.2 Å². The normalized spacial score (nSPS) is 20.5. The van der Waals surface area contributed by atoms with E-state index in [9.17, 15) is 19.5 Å². The van der Waals surface area contributed by atoms with Gasteiger partial charge in [-0.2, -0.15) is 0 Å².